The van der Waals surface area contributed by atoms with E-state index in [1.807, 2.05) is 0 Å². The molecule has 0 aromatic heterocycles. The average molecular weight is 335 g/mol. The van der Waals surface area contributed by atoms with Crippen LogP contribution in [0.25, 0.3) is 10.4 Å². The Hall–Kier alpha value is -0.970. The van der Waals surface area contributed by atoms with E-state index in [0.717, 1.165) is 0 Å². The summed E-state index contributed by atoms with van der Waals surface area (Å²) >= 11 is 0. The number of hydrogen-bond acceptors (Lipinski definition) is 8. The first-order chi connectivity index (χ1) is 11.1. The van der Waals surface area contributed by atoms with Gasteiger partial charge in [-0.2, -0.15) is 0 Å². The second-order valence-electron chi connectivity index (χ2n) is 5.12. The summed E-state index contributed by atoms with van der Waals surface area (Å²) in [5, 5.41) is 32.0. The summed E-state index contributed by atoms with van der Waals surface area (Å²) in [5.74, 6) is -0.420. The third kappa shape index (κ3) is 6.98. The minimum atomic E-state index is -1.13. The van der Waals surface area contributed by atoms with Crippen molar-refractivity contribution in [3.63, 3.8) is 0 Å². The van der Waals surface area contributed by atoms with Crippen molar-refractivity contribution < 1.29 is 34.3 Å². The van der Waals surface area contributed by atoms with E-state index in [4.69, 9.17) is 29.6 Å². The van der Waals surface area contributed by atoms with Crippen LogP contribution in [0.15, 0.2) is 5.11 Å². The monoisotopic (exact) mass is 335 g/mol. The second kappa shape index (κ2) is 11.5. The molecule has 0 spiro atoms. The molecule has 10 nitrogen and oxygen atoms in total. The third-order valence-electron chi connectivity index (χ3n) is 3.47. The highest BCUT2D eigenvalue weighted by Crippen LogP contribution is 2.26. The summed E-state index contributed by atoms with van der Waals surface area (Å²) in [4.78, 5) is 2.60. The maximum atomic E-state index is 9.88. The molecular weight excluding hydrogens is 310 g/mol. The Morgan fingerprint density at radius 3 is 2.39 bits per heavy atom. The predicted molar refractivity (Wildman–Crippen MR) is 78.5 cm³/mol. The van der Waals surface area contributed by atoms with Gasteiger partial charge in [-0.05, 0) is 5.53 Å². The lowest BCUT2D eigenvalue weighted by Crippen LogP contribution is -2.55. The number of azide groups is 1. The normalized spacial score (nSPS) is 30.9. The Balaban J connectivity index is 2.09. The van der Waals surface area contributed by atoms with Gasteiger partial charge in [-0.25, -0.2) is 0 Å². The maximum Gasteiger partial charge on any atom is 0.163 e. The first-order valence-electron chi connectivity index (χ1n) is 7.52. The Morgan fingerprint density at radius 2 is 1.74 bits per heavy atom. The average Bonchev–Trinajstić information content (AvgIpc) is 2.56. The molecule has 1 aliphatic rings. The van der Waals surface area contributed by atoms with Crippen LogP contribution in [0.4, 0.5) is 0 Å². The van der Waals surface area contributed by atoms with E-state index in [0.29, 0.717) is 26.4 Å². The molecule has 1 aliphatic heterocycles. The van der Waals surface area contributed by atoms with E-state index in [2.05, 4.69) is 10.0 Å². The number of aliphatic hydroxyl groups is 3. The van der Waals surface area contributed by atoms with Crippen LogP contribution < -0.4 is 0 Å². The first kappa shape index (κ1) is 20.1. The number of aliphatic hydroxyl groups excluding tert-OH is 3. The van der Waals surface area contributed by atoms with Crippen LogP contribution in [0.2, 0.25) is 0 Å². The van der Waals surface area contributed by atoms with Crippen LogP contribution in [0, 0.1) is 5.92 Å². The Kier molecular flexibility index (Phi) is 10.1. The fourth-order valence-electron chi connectivity index (χ4n) is 2.11. The number of hydrogen-bond donors (Lipinski definition) is 3. The van der Waals surface area contributed by atoms with Crippen LogP contribution in [0.1, 0.15) is 6.92 Å². The largest absolute Gasteiger partial charge is 0.394 e. The van der Waals surface area contributed by atoms with Crippen LogP contribution >= 0.6 is 0 Å². The molecular formula is C13H25N3O7. The van der Waals surface area contributed by atoms with Crippen molar-refractivity contribution in [3.8, 4) is 0 Å². The van der Waals surface area contributed by atoms with Gasteiger partial charge in [-0.3, -0.25) is 0 Å². The number of rotatable bonds is 11. The lowest BCUT2D eigenvalue weighted by molar-refractivity contribution is -0.284. The summed E-state index contributed by atoms with van der Waals surface area (Å²) in [6.45, 7) is 3.26. The second-order valence-corrected chi connectivity index (χ2v) is 5.12. The highest BCUT2D eigenvalue weighted by Gasteiger charge is 2.42. The summed E-state index contributed by atoms with van der Waals surface area (Å²) < 4.78 is 21.3. The van der Waals surface area contributed by atoms with Crippen molar-refractivity contribution in [2.75, 3.05) is 46.2 Å². The zero-order valence-electron chi connectivity index (χ0n) is 13.2. The highest BCUT2D eigenvalue weighted by molar-refractivity contribution is 4.86. The Morgan fingerprint density at radius 1 is 1.09 bits per heavy atom. The quantitative estimate of drug-likeness (QED) is 0.198. The van der Waals surface area contributed by atoms with Crippen molar-refractivity contribution in [2.24, 2.45) is 11.0 Å². The van der Waals surface area contributed by atoms with Gasteiger partial charge in [0.1, 0.15) is 12.2 Å². The maximum absolute atomic E-state index is 9.88. The summed E-state index contributed by atoms with van der Waals surface area (Å²) in [7, 11) is 0. The predicted octanol–water partition coefficient (Wildman–Crippen LogP) is -0.578. The molecule has 134 valence electrons. The minimum Gasteiger partial charge on any atom is -0.394 e. The minimum absolute atomic E-state index is 0.245. The molecule has 1 saturated heterocycles. The number of ether oxygens (including phenoxy) is 4. The first-order valence-corrected chi connectivity index (χ1v) is 7.52. The van der Waals surface area contributed by atoms with Crippen molar-refractivity contribution in [1.82, 2.24) is 0 Å². The van der Waals surface area contributed by atoms with E-state index >= 15 is 0 Å². The zero-order valence-corrected chi connectivity index (χ0v) is 13.2. The smallest absolute Gasteiger partial charge is 0.163 e. The molecule has 0 aromatic carbocycles. The van der Waals surface area contributed by atoms with Gasteiger partial charge in [0.2, 0.25) is 0 Å². The lowest BCUT2D eigenvalue weighted by atomic mass is 9.92. The van der Waals surface area contributed by atoms with Crippen molar-refractivity contribution in [1.29, 1.82) is 0 Å². The molecule has 23 heavy (non-hydrogen) atoms. The third-order valence-corrected chi connectivity index (χ3v) is 3.47. The molecule has 0 bridgehead atoms. The molecule has 3 N–H and O–H groups in total. The molecule has 0 aromatic rings. The van der Waals surface area contributed by atoms with Crippen LogP contribution in [-0.2, 0) is 18.9 Å². The summed E-state index contributed by atoms with van der Waals surface area (Å²) in [6, 6.07) is 0. The van der Waals surface area contributed by atoms with Crippen molar-refractivity contribution >= 4 is 0 Å². The van der Waals surface area contributed by atoms with E-state index in [-0.39, 0.29) is 13.2 Å². The fourth-order valence-corrected chi connectivity index (χ4v) is 2.11. The summed E-state index contributed by atoms with van der Waals surface area (Å²) in [6.07, 6.45) is -3.73. The molecule has 1 fully saturated rings. The highest BCUT2D eigenvalue weighted by atomic mass is 16.7. The molecule has 0 saturated carbocycles. The molecule has 5 unspecified atom stereocenters. The van der Waals surface area contributed by atoms with E-state index < -0.39 is 37.1 Å². The standard InChI is InChI=1S/C13H25N3O7/c1-9-11(18)12(19)10(8-17)23-13(9)22-7-6-21-5-4-20-3-2-15-16-14/h9-13,17-19H,2-8H2,1H3. The van der Waals surface area contributed by atoms with E-state index in [1.54, 1.807) is 6.92 Å². The molecule has 5 atom stereocenters. The van der Waals surface area contributed by atoms with Gasteiger partial charge in [-0.1, -0.05) is 12.0 Å². The van der Waals surface area contributed by atoms with E-state index in [1.165, 1.54) is 0 Å². The van der Waals surface area contributed by atoms with Crippen LogP contribution in [-0.4, -0.2) is 86.1 Å². The van der Waals surface area contributed by atoms with Gasteiger partial charge in [0.05, 0.1) is 45.7 Å². The topological polar surface area (TPSA) is 146 Å². The zero-order chi connectivity index (χ0) is 17.1. The van der Waals surface area contributed by atoms with Crippen LogP contribution in [0.3, 0.4) is 0 Å². The summed E-state index contributed by atoms with van der Waals surface area (Å²) in [5.41, 5.74) is 8.07. The van der Waals surface area contributed by atoms with Gasteiger partial charge in [0, 0.05) is 17.4 Å². The lowest BCUT2D eigenvalue weighted by Gasteiger charge is -2.40. The van der Waals surface area contributed by atoms with Crippen molar-refractivity contribution in [3.05, 3.63) is 10.4 Å². The van der Waals surface area contributed by atoms with Crippen molar-refractivity contribution in [2.45, 2.75) is 31.5 Å². The van der Waals surface area contributed by atoms with Gasteiger partial charge < -0.3 is 34.3 Å². The van der Waals surface area contributed by atoms with Crippen LogP contribution in [0.5, 0.6) is 0 Å². The van der Waals surface area contributed by atoms with Gasteiger partial charge in [-0.15, -0.1) is 0 Å². The molecule has 1 rings (SSSR count). The van der Waals surface area contributed by atoms with Gasteiger partial charge in [0.15, 0.2) is 6.29 Å². The molecule has 10 heteroatoms. The van der Waals surface area contributed by atoms with E-state index in [9.17, 15) is 10.2 Å². The van der Waals surface area contributed by atoms with Gasteiger partial charge in [0.25, 0.3) is 0 Å². The SMILES string of the molecule is CC1C(OCCOCCOCCN=[N+]=[N-])OC(CO)C(O)C1O. The molecule has 0 radical (unpaired) electrons. The molecule has 0 aliphatic carbocycles. The fraction of sp³-hybridized carbons (Fsp3) is 1.00. The molecule has 0 amide bonds. The van der Waals surface area contributed by atoms with Gasteiger partial charge >= 0.3 is 0 Å². The Labute approximate surface area is 134 Å². The Bertz CT molecular complexity index is 365. The molecule has 1 heterocycles. The number of nitrogens with zero attached hydrogens (tertiary/aromatic N) is 3.